The minimum Gasteiger partial charge on any atom is -0.496 e. The predicted octanol–water partition coefficient (Wildman–Crippen LogP) is 1.16. The zero-order chi connectivity index (χ0) is 18.3. The molecule has 0 saturated carbocycles. The summed E-state index contributed by atoms with van der Waals surface area (Å²) in [6.07, 6.45) is 1.12. The lowest BCUT2D eigenvalue weighted by Gasteiger charge is -2.19. The topological polar surface area (TPSA) is 79.0 Å². The van der Waals surface area contributed by atoms with E-state index in [1.807, 2.05) is 0 Å². The highest BCUT2D eigenvalue weighted by atomic mass is 32.2. The van der Waals surface area contributed by atoms with E-state index in [2.05, 4.69) is 24.1 Å². The molecule has 0 fully saturated rings. The molecule has 0 saturated heterocycles. The molecule has 1 rings (SSSR count). The fourth-order valence-electron chi connectivity index (χ4n) is 2.22. The third kappa shape index (κ3) is 5.38. The number of methoxy groups -OCH3 is 1. The van der Waals surface area contributed by atoms with Gasteiger partial charge in [0.05, 0.1) is 24.6 Å². The van der Waals surface area contributed by atoms with Gasteiger partial charge < -0.3 is 15.0 Å². The fourth-order valence-corrected chi connectivity index (χ4v) is 2.71. The molecule has 136 valence electrons. The van der Waals surface area contributed by atoms with Gasteiger partial charge in [0.25, 0.3) is 5.91 Å². The quantitative estimate of drug-likeness (QED) is 0.717. The fraction of sp³-hybridized carbons (Fsp3) is 0.562. The second kappa shape index (κ2) is 8.89. The van der Waals surface area contributed by atoms with Gasteiger partial charge in [-0.25, -0.2) is 8.42 Å². The van der Waals surface area contributed by atoms with Crippen LogP contribution >= 0.6 is 0 Å². The molecule has 0 radical (unpaired) electrons. The molecule has 0 aliphatic heterocycles. The number of sulfonamides is 1. The molecule has 0 aliphatic carbocycles. The highest BCUT2D eigenvalue weighted by molar-refractivity contribution is 7.92. The number of likely N-dealkylation sites (N-methyl/N-ethyl adjacent to an activating group) is 1. The van der Waals surface area contributed by atoms with Crippen molar-refractivity contribution in [2.24, 2.45) is 0 Å². The Kier molecular flexibility index (Phi) is 7.50. The number of nitrogens with zero attached hydrogens (tertiary/aromatic N) is 2. The average Bonchev–Trinajstić information content (AvgIpc) is 2.56. The molecule has 0 atom stereocenters. The van der Waals surface area contributed by atoms with Crippen molar-refractivity contribution in [2.75, 3.05) is 50.9 Å². The predicted molar refractivity (Wildman–Crippen MR) is 96.4 cm³/mol. The molecule has 0 bridgehead atoms. The first-order valence-electron chi connectivity index (χ1n) is 7.87. The molecule has 1 aromatic carbocycles. The maximum absolute atomic E-state index is 12.3. The molecule has 24 heavy (non-hydrogen) atoms. The zero-order valence-electron chi connectivity index (χ0n) is 15.0. The normalized spacial score (nSPS) is 11.4. The molecule has 0 heterocycles. The van der Waals surface area contributed by atoms with Crippen molar-refractivity contribution in [1.29, 1.82) is 0 Å². The summed E-state index contributed by atoms with van der Waals surface area (Å²) in [4.78, 5) is 14.5. The minimum absolute atomic E-state index is 0.243. The first kappa shape index (κ1) is 20.2. The Morgan fingerprint density at radius 1 is 1.25 bits per heavy atom. The van der Waals surface area contributed by atoms with Crippen LogP contribution in [0.2, 0.25) is 0 Å². The molecule has 0 aliphatic rings. The van der Waals surface area contributed by atoms with Gasteiger partial charge in [-0.05, 0) is 25.2 Å². The number of anilines is 1. The van der Waals surface area contributed by atoms with Crippen LogP contribution in [0.5, 0.6) is 5.75 Å². The van der Waals surface area contributed by atoms with E-state index in [4.69, 9.17) is 4.74 Å². The first-order chi connectivity index (χ1) is 11.2. The smallest absolute Gasteiger partial charge is 0.255 e. The molecule has 1 aromatic rings. The lowest BCUT2D eigenvalue weighted by Crippen LogP contribution is -2.35. The second-order valence-corrected chi connectivity index (χ2v) is 7.41. The number of rotatable bonds is 9. The molecule has 1 amide bonds. The Morgan fingerprint density at radius 3 is 2.38 bits per heavy atom. The third-order valence-electron chi connectivity index (χ3n) is 3.90. The number of hydrogen-bond acceptors (Lipinski definition) is 5. The molecular formula is C16H27N3O4S. The Bertz CT molecular complexity index is 657. The monoisotopic (exact) mass is 357 g/mol. The highest BCUT2D eigenvalue weighted by Crippen LogP contribution is 2.26. The minimum atomic E-state index is -3.37. The van der Waals surface area contributed by atoms with Gasteiger partial charge in [-0.15, -0.1) is 0 Å². The van der Waals surface area contributed by atoms with Crippen LogP contribution in [0, 0.1) is 0 Å². The van der Waals surface area contributed by atoms with E-state index in [9.17, 15) is 13.2 Å². The lowest BCUT2D eigenvalue weighted by molar-refractivity contribution is 0.0946. The van der Waals surface area contributed by atoms with E-state index in [0.29, 0.717) is 23.5 Å². The number of amides is 1. The van der Waals surface area contributed by atoms with Crippen molar-refractivity contribution in [2.45, 2.75) is 13.8 Å². The summed E-state index contributed by atoms with van der Waals surface area (Å²) in [5.74, 6) is 0.0934. The third-order valence-corrected chi connectivity index (χ3v) is 5.10. The Hall–Kier alpha value is -1.80. The first-order valence-corrected chi connectivity index (χ1v) is 9.71. The number of ether oxygens (including phenoxy) is 1. The van der Waals surface area contributed by atoms with Crippen molar-refractivity contribution in [3.8, 4) is 5.75 Å². The van der Waals surface area contributed by atoms with Gasteiger partial charge in [-0.1, -0.05) is 13.8 Å². The van der Waals surface area contributed by atoms with Crippen molar-refractivity contribution >= 4 is 21.6 Å². The summed E-state index contributed by atoms with van der Waals surface area (Å²) in [7, 11) is -0.469. The standard InChI is InChI=1S/C16H27N3O4S/c1-6-19(7-2)11-10-17-16(20)14-9-8-13(12-15(14)23-4)18(3)24(5,21)22/h8-9,12H,6-7,10-11H2,1-5H3,(H,17,20). The van der Waals surface area contributed by atoms with Crippen LogP contribution in [0.4, 0.5) is 5.69 Å². The van der Waals surface area contributed by atoms with Gasteiger partial charge in [-0.3, -0.25) is 9.10 Å². The van der Waals surface area contributed by atoms with E-state index in [1.54, 1.807) is 18.2 Å². The van der Waals surface area contributed by atoms with Crippen molar-refractivity contribution in [3.63, 3.8) is 0 Å². The van der Waals surface area contributed by atoms with Gasteiger partial charge in [0.1, 0.15) is 5.75 Å². The van der Waals surface area contributed by atoms with Gasteiger partial charge in [0, 0.05) is 26.2 Å². The number of benzene rings is 1. The number of nitrogens with one attached hydrogen (secondary N) is 1. The molecule has 0 spiro atoms. The maximum atomic E-state index is 12.3. The van der Waals surface area contributed by atoms with E-state index in [1.165, 1.54) is 14.2 Å². The van der Waals surface area contributed by atoms with Crippen LogP contribution in [-0.2, 0) is 10.0 Å². The summed E-state index contributed by atoms with van der Waals surface area (Å²) in [5, 5.41) is 2.86. The highest BCUT2D eigenvalue weighted by Gasteiger charge is 2.17. The molecule has 1 N–H and O–H groups in total. The lowest BCUT2D eigenvalue weighted by atomic mass is 10.1. The van der Waals surface area contributed by atoms with Crippen LogP contribution in [-0.4, -0.2) is 65.8 Å². The van der Waals surface area contributed by atoms with Crippen LogP contribution in [0.1, 0.15) is 24.2 Å². The Morgan fingerprint density at radius 2 is 1.88 bits per heavy atom. The number of hydrogen-bond donors (Lipinski definition) is 1. The summed E-state index contributed by atoms with van der Waals surface area (Å²) < 4.78 is 29.6. The van der Waals surface area contributed by atoms with Crippen molar-refractivity contribution in [3.05, 3.63) is 23.8 Å². The average molecular weight is 357 g/mol. The summed E-state index contributed by atoms with van der Waals surface area (Å²) in [6.45, 7) is 7.33. The van der Waals surface area contributed by atoms with Crippen molar-refractivity contribution in [1.82, 2.24) is 10.2 Å². The van der Waals surface area contributed by atoms with E-state index >= 15 is 0 Å². The molecule has 8 heteroatoms. The van der Waals surface area contributed by atoms with E-state index in [-0.39, 0.29) is 5.91 Å². The largest absolute Gasteiger partial charge is 0.496 e. The van der Waals surface area contributed by atoms with Gasteiger partial charge >= 0.3 is 0 Å². The van der Waals surface area contributed by atoms with E-state index < -0.39 is 10.0 Å². The number of carbonyl (C=O) groups excluding carboxylic acids is 1. The molecule has 0 aromatic heterocycles. The van der Waals surface area contributed by atoms with E-state index in [0.717, 1.165) is 30.2 Å². The van der Waals surface area contributed by atoms with Crippen LogP contribution < -0.4 is 14.4 Å². The molecule has 0 unspecified atom stereocenters. The maximum Gasteiger partial charge on any atom is 0.255 e. The van der Waals surface area contributed by atoms with Crippen LogP contribution in [0.3, 0.4) is 0 Å². The van der Waals surface area contributed by atoms with Gasteiger partial charge in [0.2, 0.25) is 10.0 Å². The SMILES string of the molecule is CCN(CC)CCNC(=O)c1ccc(N(C)S(C)(=O)=O)cc1OC. The molecule has 7 nitrogen and oxygen atoms in total. The van der Waals surface area contributed by atoms with Crippen LogP contribution in [0.25, 0.3) is 0 Å². The summed E-state index contributed by atoms with van der Waals surface area (Å²) in [5.41, 5.74) is 0.816. The summed E-state index contributed by atoms with van der Waals surface area (Å²) >= 11 is 0. The van der Waals surface area contributed by atoms with Crippen LogP contribution in [0.15, 0.2) is 18.2 Å². The zero-order valence-corrected chi connectivity index (χ0v) is 15.8. The van der Waals surface area contributed by atoms with Gasteiger partial charge in [-0.2, -0.15) is 0 Å². The van der Waals surface area contributed by atoms with Crippen molar-refractivity contribution < 1.29 is 17.9 Å². The molecular weight excluding hydrogens is 330 g/mol. The summed E-state index contributed by atoms with van der Waals surface area (Å²) in [6, 6.07) is 4.70. The second-order valence-electron chi connectivity index (χ2n) is 5.40. The number of carbonyl (C=O) groups is 1. The van der Waals surface area contributed by atoms with Gasteiger partial charge in [0.15, 0.2) is 0 Å². The Balaban J connectivity index is 2.86. The Labute approximate surface area is 144 Å².